The maximum Gasteiger partial charge on any atom is 0.180 e. The summed E-state index contributed by atoms with van der Waals surface area (Å²) in [5, 5.41) is 0. The van der Waals surface area contributed by atoms with Gasteiger partial charge in [-0.2, -0.15) is 0 Å². The van der Waals surface area contributed by atoms with Gasteiger partial charge in [-0.15, -0.1) is 0 Å². The lowest BCUT2D eigenvalue weighted by molar-refractivity contribution is 0.635. The molecule has 0 aliphatic heterocycles. The molecular formula is C14H18N4. The molecule has 0 atom stereocenters. The molecule has 18 heavy (non-hydrogen) atoms. The Kier molecular flexibility index (Phi) is 3.55. The third-order valence-electron chi connectivity index (χ3n) is 2.53. The molecule has 0 unspecified atom stereocenters. The van der Waals surface area contributed by atoms with E-state index in [1.54, 1.807) is 0 Å². The second kappa shape index (κ2) is 5.12. The summed E-state index contributed by atoms with van der Waals surface area (Å²) in [6.07, 6.45) is 0.894. The van der Waals surface area contributed by atoms with Crippen molar-refractivity contribution in [3.8, 4) is 11.5 Å². The number of nitrogen functional groups attached to an aromatic ring is 1. The minimum absolute atomic E-state index is 0.499. The molecule has 2 heterocycles. The number of pyridine rings is 1. The molecule has 0 fully saturated rings. The van der Waals surface area contributed by atoms with Crippen molar-refractivity contribution in [2.45, 2.75) is 27.2 Å². The number of nitrogens with two attached hydrogens (primary N) is 1. The first-order valence-electron chi connectivity index (χ1n) is 6.12. The predicted molar refractivity (Wildman–Crippen MR) is 73.0 cm³/mol. The van der Waals surface area contributed by atoms with Crippen LogP contribution in [0.4, 0.5) is 5.82 Å². The van der Waals surface area contributed by atoms with Crippen LogP contribution >= 0.6 is 0 Å². The van der Waals surface area contributed by atoms with Gasteiger partial charge in [-0.3, -0.25) is 0 Å². The second-order valence-corrected chi connectivity index (χ2v) is 4.87. The molecule has 2 N–H and O–H groups in total. The van der Waals surface area contributed by atoms with Crippen LogP contribution in [-0.2, 0) is 6.42 Å². The summed E-state index contributed by atoms with van der Waals surface area (Å²) in [6, 6.07) is 7.64. The normalized spacial score (nSPS) is 10.9. The summed E-state index contributed by atoms with van der Waals surface area (Å²) in [7, 11) is 0. The van der Waals surface area contributed by atoms with E-state index in [4.69, 9.17) is 5.73 Å². The van der Waals surface area contributed by atoms with Crippen LogP contribution in [0, 0.1) is 12.8 Å². The van der Waals surface area contributed by atoms with E-state index in [2.05, 4.69) is 28.8 Å². The molecule has 0 spiro atoms. The van der Waals surface area contributed by atoms with Gasteiger partial charge in [0.1, 0.15) is 11.5 Å². The van der Waals surface area contributed by atoms with Crippen molar-refractivity contribution in [2.75, 3.05) is 5.73 Å². The Labute approximate surface area is 107 Å². The molecule has 4 heteroatoms. The number of anilines is 1. The Morgan fingerprint density at radius 2 is 1.94 bits per heavy atom. The van der Waals surface area contributed by atoms with Crippen molar-refractivity contribution >= 4 is 5.82 Å². The first kappa shape index (κ1) is 12.5. The summed E-state index contributed by atoms with van der Waals surface area (Å²) in [5.74, 6) is 1.64. The largest absolute Gasteiger partial charge is 0.384 e. The molecule has 0 saturated heterocycles. The van der Waals surface area contributed by atoms with E-state index in [9.17, 15) is 0 Å². The lowest BCUT2D eigenvalue weighted by atomic mass is 10.1. The summed E-state index contributed by atoms with van der Waals surface area (Å²) < 4.78 is 0. The molecule has 94 valence electrons. The van der Waals surface area contributed by atoms with Crippen LogP contribution in [0.3, 0.4) is 0 Å². The van der Waals surface area contributed by atoms with Gasteiger partial charge in [0, 0.05) is 17.5 Å². The van der Waals surface area contributed by atoms with E-state index in [1.807, 2.05) is 31.2 Å². The fourth-order valence-electron chi connectivity index (χ4n) is 1.82. The third-order valence-corrected chi connectivity index (χ3v) is 2.53. The van der Waals surface area contributed by atoms with Crippen molar-refractivity contribution in [2.24, 2.45) is 5.92 Å². The minimum atomic E-state index is 0.499. The van der Waals surface area contributed by atoms with E-state index in [1.165, 1.54) is 0 Å². The standard InChI is InChI=1S/C14H18N4/c1-9(2)7-11-8-13(15)18-14(17-11)12-6-4-5-10(3)16-12/h4-6,8-9H,7H2,1-3H3,(H2,15,17,18). The van der Waals surface area contributed by atoms with Crippen LogP contribution in [0.25, 0.3) is 11.5 Å². The molecule has 0 aliphatic carbocycles. The van der Waals surface area contributed by atoms with Crippen molar-refractivity contribution in [1.29, 1.82) is 0 Å². The van der Waals surface area contributed by atoms with Crippen LogP contribution in [0.15, 0.2) is 24.3 Å². The molecule has 0 bridgehead atoms. The highest BCUT2D eigenvalue weighted by Gasteiger charge is 2.08. The van der Waals surface area contributed by atoms with E-state index in [-0.39, 0.29) is 0 Å². The van der Waals surface area contributed by atoms with E-state index in [0.29, 0.717) is 17.6 Å². The fourth-order valence-corrected chi connectivity index (χ4v) is 1.82. The zero-order valence-electron chi connectivity index (χ0n) is 11.0. The highest BCUT2D eigenvalue weighted by atomic mass is 15.0. The zero-order valence-corrected chi connectivity index (χ0v) is 11.0. The molecule has 4 nitrogen and oxygen atoms in total. The van der Waals surface area contributed by atoms with Crippen LogP contribution in [0.1, 0.15) is 25.2 Å². The number of hydrogen-bond acceptors (Lipinski definition) is 4. The SMILES string of the molecule is Cc1cccc(-c2nc(N)cc(CC(C)C)n2)n1. The molecule has 2 rings (SSSR count). The second-order valence-electron chi connectivity index (χ2n) is 4.87. The predicted octanol–water partition coefficient (Wildman–Crippen LogP) is 2.63. The van der Waals surface area contributed by atoms with Crippen LogP contribution in [0.5, 0.6) is 0 Å². The number of aryl methyl sites for hydroxylation is 1. The monoisotopic (exact) mass is 242 g/mol. The van der Waals surface area contributed by atoms with E-state index in [0.717, 1.165) is 23.5 Å². The number of aromatic nitrogens is 3. The highest BCUT2D eigenvalue weighted by Crippen LogP contribution is 2.16. The Morgan fingerprint density at radius 1 is 1.17 bits per heavy atom. The summed E-state index contributed by atoms with van der Waals surface area (Å²) in [4.78, 5) is 13.2. The maximum atomic E-state index is 5.83. The molecule has 2 aromatic heterocycles. The van der Waals surface area contributed by atoms with Gasteiger partial charge in [0.25, 0.3) is 0 Å². The molecule has 0 amide bonds. The van der Waals surface area contributed by atoms with Gasteiger partial charge < -0.3 is 5.73 Å². The molecule has 0 aliphatic rings. The maximum absolute atomic E-state index is 5.83. The number of hydrogen-bond donors (Lipinski definition) is 1. The first-order chi connectivity index (χ1) is 8.54. The van der Waals surface area contributed by atoms with Gasteiger partial charge in [-0.1, -0.05) is 19.9 Å². The van der Waals surface area contributed by atoms with Gasteiger partial charge in [-0.05, 0) is 31.4 Å². The van der Waals surface area contributed by atoms with Crippen molar-refractivity contribution < 1.29 is 0 Å². The van der Waals surface area contributed by atoms with Gasteiger partial charge >= 0.3 is 0 Å². The Balaban J connectivity index is 2.41. The average Bonchev–Trinajstić information content (AvgIpc) is 2.27. The topological polar surface area (TPSA) is 64.7 Å². The van der Waals surface area contributed by atoms with E-state index >= 15 is 0 Å². The number of nitrogens with zero attached hydrogens (tertiary/aromatic N) is 3. The van der Waals surface area contributed by atoms with Crippen LogP contribution in [-0.4, -0.2) is 15.0 Å². The van der Waals surface area contributed by atoms with Crippen LogP contribution in [0.2, 0.25) is 0 Å². The average molecular weight is 242 g/mol. The lowest BCUT2D eigenvalue weighted by Crippen LogP contribution is -2.04. The van der Waals surface area contributed by atoms with Crippen LogP contribution < -0.4 is 5.73 Å². The van der Waals surface area contributed by atoms with E-state index < -0.39 is 0 Å². The summed E-state index contributed by atoms with van der Waals surface area (Å²) in [5.41, 5.74) is 8.52. The Morgan fingerprint density at radius 3 is 2.61 bits per heavy atom. The van der Waals surface area contributed by atoms with Crippen molar-refractivity contribution in [3.05, 3.63) is 35.7 Å². The van der Waals surface area contributed by atoms with Gasteiger partial charge in [0.15, 0.2) is 5.82 Å². The lowest BCUT2D eigenvalue weighted by Gasteiger charge is -2.07. The van der Waals surface area contributed by atoms with Crippen molar-refractivity contribution in [1.82, 2.24) is 15.0 Å². The Bertz CT molecular complexity index is 549. The molecule has 0 aromatic carbocycles. The van der Waals surface area contributed by atoms with Gasteiger partial charge in [0.05, 0.1) is 0 Å². The fraction of sp³-hybridized carbons (Fsp3) is 0.357. The first-order valence-corrected chi connectivity index (χ1v) is 6.12. The molecular weight excluding hydrogens is 224 g/mol. The van der Waals surface area contributed by atoms with Gasteiger partial charge in [0.2, 0.25) is 0 Å². The molecule has 2 aromatic rings. The minimum Gasteiger partial charge on any atom is -0.384 e. The highest BCUT2D eigenvalue weighted by molar-refractivity contribution is 5.52. The zero-order chi connectivity index (χ0) is 13.1. The summed E-state index contributed by atoms with van der Waals surface area (Å²) >= 11 is 0. The van der Waals surface area contributed by atoms with Gasteiger partial charge in [-0.25, -0.2) is 15.0 Å². The quantitative estimate of drug-likeness (QED) is 0.898. The number of rotatable bonds is 3. The Hall–Kier alpha value is -1.97. The molecule has 0 saturated carbocycles. The summed E-state index contributed by atoms with van der Waals surface area (Å²) in [6.45, 7) is 6.26. The smallest absolute Gasteiger partial charge is 0.180 e. The van der Waals surface area contributed by atoms with Crippen molar-refractivity contribution in [3.63, 3.8) is 0 Å². The third kappa shape index (κ3) is 3.03. The molecule has 0 radical (unpaired) electrons.